The largest absolute Gasteiger partial charge is 0.338 e. The van der Waals surface area contributed by atoms with Gasteiger partial charge in [0, 0.05) is 38.6 Å². The molecular formula is C17H20N8. The van der Waals surface area contributed by atoms with Crippen molar-refractivity contribution in [2.45, 2.75) is 13.0 Å². The minimum atomic E-state index is 0.133. The molecule has 25 heavy (non-hydrogen) atoms. The molecule has 1 aromatic carbocycles. The van der Waals surface area contributed by atoms with Crippen molar-refractivity contribution in [1.29, 1.82) is 0 Å². The van der Waals surface area contributed by atoms with E-state index < -0.39 is 0 Å². The van der Waals surface area contributed by atoms with Crippen molar-refractivity contribution in [2.75, 3.05) is 31.1 Å². The van der Waals surface area contributed by atoms with Crippen molar-refractivity contribution in [2.24, 2.45) is 0 Å². The number of benzene rings is 1. The Morgan fingerprint density at radius 3 is 2.36 bits per heavy atom. The Hall–Kier alpha value is -2.87. The van der Waals surface area contributed by atoms with Gasteiger partial charge in [0.15, 0.2) is 5.82 Å². The molecule has 0 aliphatic carbocycles. The van der Waals surface area contributed by atoms with Crippen LogP contribution >= 0.6 is 0 Å². The molecule has 4 rings (SSSR count). The first-order chi connectivity index (χ1) is 12.3. The molecule has 0 N–H and O–H groups in total. The fourth-order valence-electron chi connectivity index (χ4n) is 3.13. The molecule has 1 saturated heterocycles. The third kappa shape index (κ3) is 3.20. The molecule has 128 valence electrons. The van der Waals surface area contributed by atoms with Crippen LogP contribution in [-0.4, -0.2) is 61.3 Å². The maximum absolute atomic E-state index is 4.34. The van der Waals surface area contributed by atoms with Crippen LogP contribution in [0, 0.1) is 0 Å². The minimum absolute atomic E-state index is 0.133. The van der Waals surface area contributed by atoms with Crippen LogP contribution in [0.1, 0.15) is 18.8 Å². The van der Waals surface area contributed by atoms with E-state index in [2.05, 4.69) is 42.2 Å². The second-order valence-electron chi connectivity index (χ2n) is 6.03. The van der Waals surface area contributed by atoms with Crippen LogP contribution in [0.3, 0.4) is 0 Å². The first-order valence-electron chi connectivity index (χ1n) is 8.42. The molecule has 2 aromatic heterocycles. The molecule has 1 aliphatic heterocycles. The van der Waals surface area contributed by atoms with Gasteiger partial charge in [0.1, 0.15) is 0 Å². The van der Waals surface area contributed by atoms with E-state index in [1.165, 1.54) is 0 Å². The van der Waals surface area contributed by atoms with E-state index in [0.29, 0.717) is 0 Å². The minimum Gasteiger partial charge on any atom is -0.338 e. The van der Waals surface area contributed by atoms with E-state index in [1.807, 2.05) is 41.1 Å². The van der Waals surface area contributed by atoms with Crippen molar-refractivity contribution < 1.29 is 0 Å². The summed E-state index contributed by atoms with van der Waals surface area (Å²) in [5, 5.41) is 12.3. The van der Waals surface area contributed by atoms with Crippen LogP contribution in [0.15, 0.2) is 48.8 Å². The zero-order valence-corrected chi connectivity index (χ0v) is 14.1. The highest BCUT2D eigenvalue weighted by Crippen LogP contribution is 2.22. The van der Waals surface area contributed by atoms with E-state index >= 15 is 0 Å². The van der Waals surface area contributed by atoms with E-state index in [9.17, 15) is 0 Å². The normalized spacial score (nSPS) is 16.8. The number of nitrogens with zero attached hydrogens (tertiary/aromatic N) is 8. The number of anilines is 1. The lowest BCUT2D eigenvalue weighted by atomic mass is 10.2. The molecule has 0 amide bonds. The standard InChI is InChI=1S/C17H20N8/c1-14(16-20-21-22-25(16)15-6-3-2-4-7-15)23-10-12-24(13-11-23)17-18-8-5-9-19-17/h2-9,14H,10-13H2,1H3/t14-/m1/s1. The van der Waals surface area contributed by atoms with Crippen molar-refractivity contribution >= 4 is 5.95 Å². The van der Waals surface area contributed by atoms with Gasteiger partial charge in [-0.15, -0.1) is 5.10 Å². The third-order valence-corrected chi connectivity index (χ3v) is 4.57. The third-order valence-electron chi connectivity index (χ3n) is 4.57. The average Bonchev–Trinajstić information content (AvgIpc) is 3.19. The maximum Gasteiger partial charge on any atom is 0.225 e. The highest BCUT2D eigenvalue weighted by atomic mass is 15.6. The van der Waals surface area contributed by atoms with Crippen LogP contribution < -0.4 is 4.90 Å². The van der Waals surface area contributed by atoms with Crippen LogP contribution in [0.4, 0.5) is 5.95 Å². The van der Waals surface area contributed by atoms with Gasteiger partial charge in [0.2, 0.25) is 5.95 Å². The number of tetrazole rings is 1. The molecule has 0 saturated carbocycles. The summed E-state index contributed by atoms with van der Waals surface area (Å²) in [5.74, 6) is 1.65. The molecule has 1 atom stereocenters. The number of piperazine rings is 1. The SMILES string of the molecule is C[C@H](c1nnnn1-c1ccccc1)N1CCN(c2ncccn2)CC1. The Kier molecular flexibility index (Phi) is 4.34. The van der Waals surface area contributed by atoms with Gasteiger partial charge in [-0.05, 0) is 35.5 Å². The van der Waals surface area contributed by atoms with E-state index in [1.54, 1.807) is 12.4 Å². The van der Waals surface area contributed by atoms with E-state index in [0.717, 1.165) is 43.6 Å². The topological polar surface area (TPSA) is 75.9 Å². The van der Waals surface area contributed by atoms with E-state index in [-0.39, 0.29) is 6.04 Å². The number of rotatable bonds is 4. The second-order valence-corrected chi connectivity index (χ2v) is 6.03. The van der Waals surface area contributed by atoms with Gasteiger partial charge in [0.05, 0.1) is 11.7 Å². The van der Waals surface area contributed by atoms with Gasteiger partial charge in [-0.25, -0.2) is 9.97 Å². The summed E-state index contributed by atoms with van der Waals surface area (Å²) in [6.45, 7) is 5.77. The van der Waals surface area contributed by atoms with Gasteiger partial charge in [-0.1, -0.05) is 18.2 Å². The summed E-state index contributed by atoms with van der Waals surface area (Å²) < 4.78 is 1.82. The molecule has 3 heterocycles. The Morgan fingerprint density at radius 1 is 0.920 bits per heavy atom. The molecule has 0 bridgehead atoms. The van der Waals surface area contributed by atoms with E-state index in [4.69, 9.17) is 0 Å². The van der Waals surface area contributed by atoms with Crippen LogP contribution in [0.2, 0.25) is 0 Å². The molecule has 0 spiro atoms. The summed E-state index contributed by atoms with van der Waals surface area (Å²) in [4.78, 5) is 13.3. The number of hydrogen-bond acceptors (Lipinski definition) is 7. The molecule has 0 radical (unpaired) electrons. The lowest BCUT2D eigenvalue weighted by molar-refractivity contribution is 0.189. The monoisotopic (exact) mass is 336 g/mol. The maximum atomic E-state index is 4.34. The van der Waals surface area contributed by atoms with Gasteiger partial charge in [-0.2, -0.15) is 4.68 Å². The quantitative estimate of drug-likeness (QED) is 0.711. The summed E-state index contributed by atoms with van der Waals surface area (Å²) in [6.07, 6.45) is 3.57. The fraction of sp³-hybridized carbons (Fsp3) is 0.353. The summed E-state index contributed by atoms with van der Waals surface area (Å²) >= 11 is 0. The number of hydrogen-bond donors (Lipinski definition) is 0. The van der Waals surface area contributed by atoms with Gasteiger partial charge in [-0.3, -0.25) is 4.90 Å². The Balaban J connectivity index is 1.47. The predicted molar refractivity (Wildman–Crippen MR) is 93.4 cm³/mol. The molecule has 3 aromatic rings. The summed E-state index contributed by atoms with van der Waals surface area (Å²) in [7, 11) is 0. The Labute approximate surface area is 146 Å². The van der Waals surface area contributed by atoms with Gasteiger partial charge >= 0.3 is 0 Å². The zero-order valence-electron chi connectivity index (χ0n) is 14.1. The predicted octanol–water partition coefficient (Wildman–Crippen LogP) is 1.34. The molecular weight excluding hydrogens is 316 g/mol. The van der Waals surface area contributed by atoms with Crippen molar-refractivity contribution in [3.8, 4) is 5.69 Å². The van der Waals surface area contributed by atoms with Crippen LogP contribution in [0.5, 0.6) is 0 Å². The Morgan fingerprint density at radius 2 is 1.64 bits per heavy atom. The highest BCUT2D eigenvalue weighted by Gasteiger charge is 2.26. The molecule has 8 nitrogen and oxygen atoms in total. The number of para-hydroxylation sites is 1. The van der Waals surface area contributed by atoms with Crippen molar-refractivity contribution in [3.05, 3.63) is 54.6 Å². The first-order valence-corrected chi connectivity index (χ1v) is 8.42. The van der Waals surface area contributed by atoms with Gasteiger partial charge < -0.3 is 4.90 Å². The summed E-state index contributed by atoms with van der Waals surface area (Å²) in [6, 6.07) is 12.0. The zero-order chi connectivity index (χ0) is 17.1. The first kappa shape index (κ1) is 15.6. The fourth-order valence-corrected chi connectivity index (χ4v) is 3.13. The molecule has 0 unspecified atom stereocenters. The average molecular weight is 336 g/mol. The lowest BCUT2D eigenvalue weighted by Crippen LogP contribution is -2.48. The smallest absolute Gasteiger partial charge is 0.225 e. The molecule has 1 aliphatic rings. The second kappa shape index (κ2) is 6.94. The van der Waals surface area contributed by atoms with Gasteiger partial charge in [0.25, 0.3) is 0 Å². The molecule has 1 fully saturated rings. The highest BCUT2D eigenvalue weighted by molar-refractivity contribution is 5.31. The van der Waals surface area contributed by atoms with Crippen molar-refractivity contribution in [3.63, 3.8) is 0 Å². The lowest BCUT2D eigenvalue weighted by Gasteiger charge is -2.37. The van der Waals surface area contributed by atoms with Crippen LogP contribution in [-0.2, 0) is 0 Å². The number of aromatic nitrogens is 6. The summed E-state index contributed by atoms with van der Waals surface area (Å²) in [5.41, 5.74) is 0.977. The Bertz CT molecular complexity index is 796. The van der Waals surface area contributed by atoms with Crippen LogP contribution in [0.25, 0.3) is 5.69 Å². The van der Waals surface area contributed by atoms with Crippen molar-refractivity contribution in [1.82, 2.24) is 35.1 Å². The molecule has 8 heteroatoms.